The zero-order valence-corrected chi connectivity index (χ0v) is 31.4. The lowest BCUT2D eigenvalue weighted by atomic mass is 10.0. The molecule has 0 radical (unpaired) electrons. The average Bonchev–Trinajstić information content (AvgIpc) is 3.81. The highest BCUT2D eigenvalue weighted by atomic mass is 15.2. The molecule has 58 heavy (non-hydrogen) atoms. The van der Waals surface area contributed by atoms with Crippen LogP contribution in [0.3, 0.4) is 0 Å². The van der Waals surface area contributed by atoms with Crippen LogP contribution in [0.25, 0.3) is 110 Å². The van der Waals surface area contributed by atoms with Crippen LogP contribution in [0.15, 0.2) is 206 Å². The van der Waals surface area contributed by atoms with Crippen molar-refractivity contribution in [2.75, 3.05) is 0 Å². The maximum absolute atomic E-state index is 5.22. The second-order valence-corrected chi connectivity index (χ2v) is 15.0. The molecule has 9 aromatic carbocycles. The van der Waals surface area contributed by atoms with E-state index in [4.69, 9.17) is 9.97 Å². The predicted molar refractivity (Wildman–Crippen MR) is 242 cm³/mol. The molecule has 0 amide bonds. The number of rotatable bonds is 5. The second kappa shape index (κ2) is 12.9. The average molecular weight is 739 g/mol. The minimum absolute atomic E-state index is 0.648. The van der Waals surface area contributed by atoms with Gasteiger partial charge in [-0.1, -0.05) is 152 Å². The fraction of sp³-hybridized carbons (Fsp3) is 0. The molecule has 0 N–H and O–H groups in total. The van der Waals surface area contributed by atoms with Crippen LogP contribution in [0.1, 0.15) is 0 Å². The van der Waals surface area contributed by atoms with Crippen molar-refractivity contribution in [3.05, 3.63) is 206 Å². The molecule has 0 saturated carbocycles. The van der Waals surface area contributed by atoms with E-state index < -0.39 is 0 Å². The van der Waals surface area contributed by atoms with Gasteiger partial charge in [-0.2, -0.15) is 0 Å². The number of para-hydroxylation sites is 2. The molecule has 4 heteroatoms. The van der Waals surface area contributed by atoms with Crippen LogP contribution in [0, 0.1) is 0 Å². The van der Waals surface area contributed by atoms with E-state index in [-0.39, 0.29) is 0 Å². The molecule has 3 heterocycles. The van der Waals surface area contributed by atoms with Gasteiger partial charge in [0.2, 0.25) is 5.95 Å². The smallest absolute Gasteiger partial charge is 0.235 e. The van der Waals surface area contributed by atoms with Crippen molar-refractivity contribution >= 4 is 65.2 Å². The Kier molecular flexibility index (Phi) is 7.20. The van der Waals surface area contributed by atoms with Crippen molar-refractivity contribution in [2.24, 2.45) is 0 Å². The summed E-state index contributed by atoms with van der Waals surface area (Å²) in [6.45, 7) is 0. The number of fused-ring (bicyclic) bond motifs is 9. The maximum Gasteiger partial charge on any atom is 0.235 e. The molecule has 0 spiro atoms. The Morgan fingerprint density at radius 1 is 0.276 bits per heavy atom. The molecule has 0 aliphatic heterocycles. The van der Waals surface area contributed by atoms with Crippen molar-refractivity contribution in [1.82, 2.24) is 19.1 Å². The fourth-order valence-electron chi connectivity index (χ4n) is 8.98. The summed E-state index contributed by atoms with van der Waals surface area (Å²) in [5, 5.41) is 9.82. The summed E-state index contributed by atoms with van der Waals surface area (Å²) in [7, 11) is 0. The predicted octanol–water partition coefficient (Wildman–Crippen LogP) is 14.0. The third-order valence-electron chi connectivity index (χ3n) is 11.7. The molecule has 12 rings (SSSR count). The topological polar surface area (TPSA) is 35.6 Å². The zero-order valence-electron chi connectivity index (χ0n) is 31.4. The Hall–Kier alpha value is -7.82. The molecule has 0 aliphatic rings. The van der Waals surface area contributed by atoms with Crippen molar-refractivity contribution < 1.29 is 0 Å². The number of hydrogen-bond donors (Lipinski definition) is 0. The third-order valence-corrected chi connectivity index (χ3v) is 11.7. The highest BCUT2D eigenvalue weighted by Crippen LogP contribution is 2.39. The zero-order chi connectivity index (χ0) is 38.2. The van der Waals surface area contributed by atoms with Gasteiger partial charge in [-0.15, -0.1) is 0 Å². The summed E-state index contributed by atoms with van der Waals surface area (Å²) in [4.78, 5) is 10.4. The van der Waals surface area contributed by atoms with Crippen LogP contribution in [0.4, 0.5) is 0 Å². The first kappa shape index (κ1) is 32.4. The quantitative estimate of drug-likeness (QED) is 0.165. The Morgan fingerprint density at radius 2 is 0.741 bits per heavy atom. The lowest BCUT2D eigenvalue weighted by Crippen LogP contribution is -2.03. The minimum Gasteiger partial charge on any atom is -0.309 e. The summed E-state index contributed by atoms with van der Waals surface area (Å²) < 4.78 is 4.64. The number of nitrogens with zero attached hydrogens (tertiary/aromatic N) is 4. The number of hydrogen-bond acceptors (Lipinski definition) is 2. The standard InChI is InChI=1S/C54H34N4/c1-3-14-37(15-4-1)48-34-49(38-16-5-2-6-17-38)56-54(55-48)58-51-22-12-10-20-44(51)47-32-40(27-30-53(47)58)39-26-29-52-46(31-39)43-19-9-11-21-50(43)57(52)41-28-25-36-24-23-35-13-7-8-18-42(35)45(36)33-41/h1-34H. The van der Waals surface area contributed by atoms with E-state index >= 15 is 0 Å². The highest BCUT2D eigenvalue weighted by Gasteiger charge is 2.19. The largest absolute Gasteiger partial charge is 0.309 e. The van der Waals surface area contributed by atoms with Crippen molar-refractivity contribution in [3.63, 3.8) is 0 Å². The SMILES string of the molecule is c1ccc(-c2cc(-c3ccccc3)nc(-n3c4ccccc4c4cc(-c5ccc6c(c5)c5ccccc5n6-c5ccc6ccc7ccccc7c6c5)ccc43)n2)cc1. The van der Waals surface area contributed by atoms with Crippen molar-refractivity contribution in [2.45, 2.75) is 0 Å². The van der Waals surface area contributed by atoms with Gasteiger partial charge in [-0.3, -0.25) is 4.57 Å². The van der Waals surface area contributed by atoms with Crippen LogP contribution >= 0.6 is 0 Å². The van der Waals surface area contributed by atoms with E-state index in [1.807, 2.05) is 12.1 Å². The van der Waals surface area contributed by atoms with E-state index in [1.165, 1.54) is 48.9 Å². The Balaban J connectivity index is 1.03. The van der Waals surface area contributed by atoms with Gasteiger partial charge >= 0.3 is 0 Å². The van der Waals surface area contributed by atoms with Gasteiger partial charge in [0.25, 0.3) is 0 Å². The van der Waals surface area contributed by atoms with E-state index in [0.29, 0.717) is 5.95 Å². The van der Waals surface area contributed by atoms with Gasteiger partial charge in [0.05, 0.1) is 33.5 Å². The molecule has 0 bridgehead atoms. The third kappa shape index (κ3) is 5.09. The monoisotopic (exact) mass is 738 g/mol. The summed E-state index contributed by atoms with van der Waals surface area (Å²) in [5.74, 6) is 0.648. The van der Waals surface area contributed by atoms with Gasteiger partial charge in [0, 0.05) is 38.4 Å². The highest BCUT2D eigenvalue weighted by molar-refractivity contribution is 6.13. The minimum atomic E-state index is 0.648. The molecule has 12 aromatic rings. The number of benzene rings is 9. The molecule has 0 saturated heterocycles. The van der Waals surface area contributed by atoms with E-state index in [9.17, 15) is 0 Å². The normalized spacial score (nSPS) is 11.8. The first-order chi connectivity index (χ1) is 28.7. The summed E-state index contributed by atoms with van der Waals surface area (Å²) in [6, 6.07) is 73.9. The molecule has 4 nitrogen and oxygen atoms in total. The lowest BCUT2D eigenvalue weighted by Gasteiger charge is -2.12. The molecule has 0 fully saturated rings. The van der Waals surface area contributed by atoms with Crippen molar-refractivity contribution in [3.8, 4) is 45.3 Å². The summed E-state index contributed by atoms with van der Waals surface area (Å²) >= 11 is 0. The summed E-state index contributed by atoms with van der Waals surface area (Å²) in [5.41, 5.74) is 11.9. The van der Waals surface area contributed by atoms with Gasteiger partial charge in [-0.25, -0.2) is 9.97 Å². The van der Waals surface area contributed by atoms with Crippen molar-refractivity contribution in [1.29, 1.82) is 0 Å². The second-order valence-electron chi connectivity index (χ2n) is 15.0. The molecule has 0 atom stereocenters. The fourth-order valence-corrected chi connectivity index (χ4v) is 8.98. The molecular formula is C54H34N4. The van der Waals surface area contributed by atoms with Crippen LogP contribution in [0.5, 0.6) is 0 Å². The van der Waals surface area contributed by atoms with Gasteiger partial charge in [0.1, 0.15) is 0 Å². The van der Waals surface area contributed by atoms with E-state index in [1.54, 1.807) is 0 Å². The Bertz CT molecular complexity index is 3500. The van der Waals surface area contributed by atoms with Gasteiger partial charge in [-0.05, 0) is 87.3 Å². The molecular weight excluding hydrogens is 705 g/mol. The van der Waals surface area contributed by atoms with Crippen LogP contribution in [-0.2, 0) is 0 Å². The van der Waals surface area contributed by atoms with Gasteiger partial charge in [0.15, 0.2) is 0 Å². The lowest BCUT2D eigenvalue weighted by molar-refractivity contribution is 0.995. The molecule has 0 aliphatic carbocycles. The number of aromatic nitrogens is 4. The Labute approximate surface area is 334 Å². The van der Waals surface area contributed by atoms with Gasteiger partial charge < -0.3 is 4.57 Å². The van der Waals surface area contributed by atoms with Crippen LogP contribution in [0.2, 0.25) is 0 Å². The Morgan fingerprint density at radius 3 is 1.36 bits per heavy atom. The first-order valence-electron chi connectivity index (χ1n) is 19.7. The molecule has 3 aromatic heterocycles. The van der Waals surface area contributed by atoms with Crippen LogP contribution in [-0.4, -0.2) is 19.1 Å². The van der Waals surface area contributed by atoms with E-state index in [0.717, 1.165) is 55.6 Å². The first-order valence-corrected chi connectivity index (χ1v) is 19.7. The van der Waals surface area contributed by atoms with Crippen LogP contribution < -0.4 is 0 Å². The molecule has 270 valence electrons. The molecule has 0 unspecified atom stereocenters. The summed E-state index contributed by atoms with van der Waals surface area (Å²) in [6.07, 6.45) is 0. The van der Waals surface area contributed by atoms with E-state index in [2.05, 4.69) is 203 Å². The maximum atomic E-state index is 5.22.